The molecule has 1 heterocycles. The number of aliphatic hydroxyl groups excluding tert-OH is 1. The summed E-state index contributed by atoms with van der Waals surface area (Å²) in [5.74, 6) is -1.04. The van der Waals surface area contributed by atoms with Gasteiger partial charge in [-0.1, -0.05) is 78.9 Å². The molecule has 4 aromatic carbocycles. The topological polar surface area (TPSA) is 161 Å². The first-order chi connectivity index (χ1) is 24.7. The highest BCUT2D eigenvalue weighted by Crippen LogP contribution is 2.37. The van der Waals surface area contributed by atoms with E-state index >= 15 is 0 Å². The molecule has 0 spiro atoms. The average molecular weight is 685 g/mol. The summed E-state index contributed by atoms with van der Waals surface area (Å²) in [4.78, 5) is 33.9. The van der Waals surface area contributed by atoms with Gasteiger partial charge in [-0.2, -0.15) is 5.71 Å². The van der Waals surface area contributed by atoms with E-state index in [9.17, 15) is 25.2 Å². The van der Waals surface area contributed by atoms with Crippen molar-refractivity contribution in [2.45, 2.75) is 39.2 Å². The number of carbonyl (C=O) groups excluding carboxylic acids is 1. The lowest BCUT2D eigenvalue weighted by Gasteiger charge is -2.21. The Bertz CT molecular complexity index is 1980. The summed E-state index contributed by atoms with van der Waals surface area (Å²) < 4.78 is 0. The van der Waals surface area contributed by atoms with Crippen LogP contribution in [0.5, 0.6) is 5.75 Å². The minimum Gasteiger partial charge on any atom is -0.807 e. The number of aliphatic hydroxyl groups is 1. The van der Waals surface area contributed by atoms with E-state index < -0.39 is 18.5 Å². The molecule has 0 radical (unpaired) electrons. The van der Waals surface area contributed by atoms with Crippen molar-refractivity contribution >= 4 is 29.4 Å². The number of rotatable bonds is 16. The fraction of sp³-hybridized carbons (Fsp3) is 0.220. The largest absolute Gasteiger partial charge is 0.807 e. The summed E-state index contributed by atoms with van der Waals surface area (Å²) in [7, 11) is 0. The second-order valence-electron chi connectivity index (χ2n) is 12.1. The number of imidazole rings is 1. The zero-order chi connectivity index (χ0) is 36.3. The standard InChI is InChI=1S/C41H42N5O5/c1-3-46(4-2)32-21-22-33(35(47)25-32)40-44-38(39(45-40)31-19-17-29(18-20-31)34(42)26-36(48)41(50)51)30-15-12-28(13-16-30)14-23-37(49)43-24-8-11-27-9-6-5-7-10-27/h5-7,9-10,12-23,25,36,47-48H,3-4,8,11,24,26H2,1-2H3,(H,43,49)(H,44,45)(H,50,51)/q-1/b23-14+. The molecule has 0 aliphatic carbocycles. The van der Waals surface area contributed by atoms with Gasteiger partial charge in [0.25, 0.3) is 0 Å². The highest BCUT2D eigenvalue weighted by atomic mass is 16.4. The number of amides is 1. The Labute approximate surface area is 297 Å². The number of phenols is 1. The van der Waals surface area contributed by atoms with Crippen molar-refractivity contribution in [1.82, 2.24) is 15.3 Å². The van der Waals surface area contributed by atoms with Gasteiger partial charge in [-0.15, -0.1) is 0 Å². The van der Waals surface area contributed by atoms with E-state index in [1.54, 1.807) is 36.4 Å². The highest BCUT2D eigenvalue weighted by Gasteiger charge is 2.19. The van der Waals surface area contributed by atoms with Crippen LogP contribution >= 0.6 is 0 Å². The fourth-order valence-corrected chi connectivity index (χ4v) is 5.77. The van der Waals surface area contributed by atoms with Gasteiger partial charge in [0.15, 0.2) is 6.10 Å². The summed E-state index contributed by atoms with van der Waals surface area (Å²) in [6.07, 6.45) is 2.88. The molecule has 5 N–H and O–H groups in total. The van der Waals surface area contributed by atoms with Crippen LogP contribution in [0.2, 0.25) is 0 Å². The molecule has 51 heavy (non-hydrogen) atoms. The van der Waals surface area contributed by atoms with E-state index in [0.29, 0.717) is 40.4 Å². The number of anilines is 1. The van der Waals surface area contributed by atoms with Crippen molar-refractivity contribution in [1.29, 1.82) is 0 Å². The Balaban J connectivity index is 1.38. The number of hydrogen-bond acceptors (Lipinski definition) is 6. The number of benzene rings is 4. The number of carbonyl (C=O) groups is 2. The number of aromatic nitrogens is 2. The predicted octanol–water partition coefficient (Wildman–Crippen LogP) is 6.92. The quantitative estimate of drug-likeness (QED) is 0.0428. The summed E-state index contributed by atoms with van der Waals surface area (Å²) in [5, 5.41) is 43.1. The van der Waals surface area contributed by atoms with Crippen LogP contribution in [-0.4, -0.2) is 68.6 Å². The van der Waals surface area contributed by atoms with E-state index in [0.717, 1.165) is 42.7 Å². The maximum absolute atomic E-state index is 12.4. The summed E-state index contributed by atoms with van der Waals surface area (Å²) in [5.41, 5.74) is 6.42. The first-order valence-corrected chi connectivity index (χ1v) is 17.0. The Hall–Kier alpha value is -6.00. The van der Waals surface area contributed by atoms with Gasteiger partial charge in [0, 0.05) is 48.6 Å². The van der Waals surface area contributed by atoms with E-state index in [4.69, 9.17) is 10.1 Å². The number of aromatic hydroxyl groups is 1. The molecule has 1 amide bonds. The molecule has 1 unspecified atom stereocenters. The third kappa shape index (κ3) is 9.37. The van der Waals surface area contributed by atoms with Gasteiger partial charge in [0.1, 0.15) is 11.6 Å². The van der Waals surface area contributed by atoms with Crippen molar-refractivity contribution in [3.05, 3.63) is 125 Å². The van der Waals surface area contributed by atoms with Gasteiger partial charge in [-0.05, 0) is 68.0 Å². The molecule has 1 atom stereocenters. The number of nitrogens with zero attached hydrogens (tertiary/aromatic N) is 3. The average Bonchev–Trinajstić information content (AvgIpc) is 3.59. The Morgan fingerprint density at radius 2 is 1.63 bits per heavy atom. The molecular formula is C41H42N5O5-. The van der Waals surface area contributed by atoms with Crippen molar-refractivity contribution in [3.8, 4) is 39.7 Å². The monoisotopic (exact) mass is 684 g/mol. The summed E-state index contributed by atoms with van der Waals surface area (Å²) in [6.45, 7) is 6.29. The third-order valence-corrected chi connectivity index (χ3v) is 8.64. The Morgan fingerprint density at radius 3 is 2.27 bits per heavy atom. The van der Waals surface area contributed by atoms with Gasteiger partial charge < -0.3 is 35.9 Å². The molecule has 0 aliphatic rings. The van der Waals surface area contributed by atoms with E-state index in [-0.39, 0.29) is 17.4 Å². The maximum atomic E-state index is 12.4. The lowest BCUT2D eigenvalue weighted by Crippen LogP contribution is -2.22. The van der Waals surface area contributed by atoms with Crippen LogP contribution < -0.4 is 10.2 Å². The van der Waals surface area contributed by atoms with Crippen molar-refractivity contribution in [2.24, 2.45) is 0 Å². The first kappa shape index (κ1) is 36.3. The van der Waals surface area contributed by atoms with Crippen LogP contribution in [0, 0.1) is 0 Å². The minimum atomic E-state index is -1.72. The van der Waals surface area contributed by atoms with Crippen molar-refractivity contribution in [3.63, 3.8) is 0 Å². The number of hydrogen-bond donors (Lipinski definition) is 5. The van der Waals surface area contributed by atoms with E-state index in [1.807, 2.05) is 54.6 Å². The van der Waals surface area contributed by atoms with Crippen LogP contribution in [0.4, 0.5) is 5.69 Å². The van der Waals surface area contributed by atoms with E-state index in [1.165, 1.54) is 11.6 Å². The normalized spacial score (nSPS) is 11.7. The maximum Gasteiger partial charge on any atom is 0.332 e. The third-order valence-electron chi connectivity index (χ3n) is 8.64. The van der Waals surface area contributed by atoms with Crippen molar-refractivity contribution < 1.29 is 24.9 Å². The molecular weight excluding hydrogens is 642 g/mol. The van der Waals surface area contributed by atoms with Gasteiger partial charge in [-0.3, -0.25) is 4.79 Å². The second-order valence-corrected chi connectivity index (χ2v) is 12.1. The molecule has 5 aromatic rings. The first-order valence-electron chi connectivity index (χ1n) is 17.0. The molecule has 262 valence electrons. The summed E-state index contributed by atoms with van der Waals surface area (Å²) in [6, 6.07) is 30.1. The molecule has 5 rings (SSSR count). The zero-order valence-corrected chi connectivity index (χ0v) is 28.7. The SMILES string of the molecule is CCN(CC)c1ccc(-c2nc(-c3ccc(C(=[N-])CC(O)C(=O)O)cc3)c(-c3ccc(/C=C/C(=O)NCCCc4ccccc4)cc3)[nH]2)c(O)c1. The number of aryl methyl sites for hydroxylation is 1. The number of aromatic amines is 1. The highest BCUT2D eigenvalue weighted by molar-refractivity contribution is 6.05. The van der Waals surface area contributed by atoms with Crippen LogP contribution in [0.15, 0.2) is 103 Å². The Morgan fingerprint density at radius 1 is 0.941 bits per heavy atom. The molecule has 1 aromatic heterocycles. The zero-order valence-electron chi connectivity index (χ0n) is 28.7. The van der Waals surface area contributed by atoms with Crippen LogP contribution in [-0.2, 0) is 16.0 Å². The number of aliphatic carboxylic acids is 1. The minimum absolute atomic E-state index is 0.0805. The molecule has 0 aliphatic heterocycles. The van der Waals surface area contributed by atoms with Gasteiger partial charge in [0.05, 0.1) is 17.0 Å². The number of carboxylic acid groups (broad SMARTS) is 1. The van der Waals surface area contributed by atoms with Crippen molar-refractivity contribution in [2.75, 3.05) is 24.5 Å². The number of nitrogens with one attached hydrogen (secondary N) is 2. The number of H-pyrrole nitrogens is 1. The lowest BCUT2D eigenvalue weighted by atomic mass is 9.99. The predicted molar refractivity (Wildman–Crippen MR) is 203 cm³/mol. The number of phenolic OH excluding ortho intramolecular Hbond substituents is 1. The van der Waals surface area contributed by atoms with Gasteiger partial charge in [-0.25, -0.2) is 9.78 Å². The smallest absolute Gasteiger partial charge is 0.332 e. The van der Waals surface area contributed by atoms with Crippen LogP contribution in [0.25, 0.3) is 45.4 Å². The second kappa shape index (κ2) is 17.1. The molecule has 0 bridgehead atoms. The van der Waals surface area contributed by atoms with Gasteiger partial charge in [0.2, 0.25) is 5.91 Å². The Kier molecular flexibility index (Phi) is 12.2. The van der Waals surface area contributed by atoms with Crippen LogP contribution in [0.3, 0.4) is 0 Å². The van der Waals surface area contributed by atoms with Gasteiger partial charge >= 0.3 is 5.97 Å². The molecule has 0 fully saturated rings. The molecule has 0 saturated carbocycles. The molecule has 0 saturated heterocycles. The lowest BCUT2D eigenvalue weighted by molar-refractivity contribution is -0.146. The van der Waals surface area contributed by atoms with E-state index in [2.05, 4.69) is 41.2 Å². The summed E-state index contributed by atoms with van der Waals surface area (Å²) >= 11 is 0. The number of carboxylic acids is 1. The molecule has 10 nitrogen and oxygen atoms in total. The fourth-order valence-electron chi connectivity index (χ4n) is 5.77. The molecule has 10 heteroatoms. The van der Waals surface area contributed by atoms with Crippen LogP contribution in [0.1, 0.15) is 43.4 Å².